The first-order chi connectivity index (χ1) is 10.5. The van der Waals surface area contributed by atoms with Gasteiger partial charge in [0.25, 0.3) is 5.56 Å². The topological polar surface area (TPSA) is 73.2 Å². The zero-order chi connectivity index (χ0) is 16.1. The SMILES string of the molecule is Cc1cnc2n(c1=O)[C@H](CC(=O)NCCCOC(C)C)CS2. The van der Waals surface area contributed by atoms with Crippen molar-refractivity contribution >= 4 is 17.7 Å². The first-order valence-corrected chi connectivity index (χ1v) is 8.57. The molecule has 6 nitrogen and oxygen atoms in total. The lowest BCUT2D eigenvalue weighted by Gasteiger charge is -2.14. The van der Waals surface area contributed by atoms with E-state index in [9.17, 15) is 9.59 Å². The summed E-state index contributed by atoms with van der Waals surface area (Å²) in [7, 11) is 0. The Hall–Kier alpha value is -1.34. The Morgan fingerprint density at radius 3 is 3.09 bits per heavy atom. The fraction of sp³-hybridized carbons (Fsp3) is 0.667. The van der Waals surface area contributed by atoms with Crippen LogP contribution in [-0.2, 0) is 9.53 Å². The molecule has 7 heteroatoms. The molecule has 1 aromatic rings. The summed E-state index contributed by atoms with van der Waals surface area (Å²) < 4.78 is 7.08. The highest BCUT2D eigenvalue weighted by molar-refractivity contribution is 7.99. The molecule has 1 aromatic heterocycles. The van der Waals surface area contributed by atoms with Crippen LogP contribution in [0.2, 0.25) is 0 Å². The highest BCUT2D eigenvalue weighted by atomic mass is 32.2. The van der Waals surface area contributed by atoms with Gasteiger partial charge in [0, 0.05) is 37.1 Å². The summed E-state index contributed by atoms with van der Waals surface area (Å²) in [6.45, 7) is 6.96. The first kappa shape index (κ1) is 17.0. The number of carbonyl (C=O) groups is 1. The lowest BCUT2D eigenvalue weighted by molar-refractivity contribution is -0.121. The molecule has 0 saturated carbocycles. The number of hydrogen-bond acceptors (Lipinski definition) is 5. The van der Waals surface area contributed by atoms with E-state index < -0.39 is 0 Å². The summed E-state index contributed by atoms with van der Waals surface area (Å²) >= 11 is 1.53. The van der Waals surface area contributed by atoms with Crippen LogP contribution in [0, 0.1) is 6.92 Å². The van der Waals surface area contributed by atoms with E-state index in [0.29, 0.717) is 30.3 Å². The van der Waals surface area contributed by atoms with Crippen molar-refractivity contribution in [1.82, 2.24) is 14.9 Å². The molecule has 122 valence electrons. The van der Waals surface area contributed by atoms with Crippen LogP contribution in [0.15, 0.2) is 16.1 Å². The molecule has 22 heavy (non-hydrogen) atoms. The average molecular weight is 325 g/mol. The summed E-state index contributed by atoms with van der Waals surface area (Å²) in [5.74, 6) is 0.687. The van der Waals surface area contributed by atoms with Crippen molar-refractivity contribution in [3.63, 3.8) is 0 Å². The molecule has 0 radical (unpaired) electrons. The van der Waals surface area contributed by atoms with Gasteiger partial charge >= 0.3 is 0 Å². The Kier molecular flexibility index (Phi) is 6.02. The molecule has 0 bridgehead atoms. The second-order valence-electron chi connectivity index (χ2n) is 5.69. The number of rotatable bonds is 7. The third kappa shape index (κ3) is 4.33. The van der Waals surface area contributed by atoms with Crippen LogP contribution < -0.4 is 10.9 Å². The Morgan fingerprint density at radius 1 is 1.59 bits per heavy atom. The number of nitrogens with one attached hydrogen (secondary N) is 1. The molecule has 0 unspecified atom stereocenters. The van der Waals surface area contributed by atoms with Gasteiger partial charge in [0.15, 0.2) is 5.16 Å². The Labute approximate surface area is 134 Å². The smallest absolute Gasteiger partial charge is 0.257 e. The van der Waals surface area contributed by atoms with Crippen LogP contribution in [0.1, 0.15) is 38.3 Å². The average Bonchev–Trinajstić information content (AvgIpc) is 2.86. The standard InChI is InChI=1S/C15H23N3O3S/c1-10(2)21-6-4-5-16-13(19)7-12-9-22-15-17-8-11(3)14(20)18(12)15/h8,10,12H,4-7,9H2,1-3H3,(H,16,19)/t12-/m1/s1. The van der Waals surface area contributed by atoms with Gasteiger partial charge in [-0.25, -0.2) is 4.98 Å². The predicted octanol–water partition coefficient (Wildman–Crippen LogP) is 1.52. The normalized spacial score (nSPS) is 16.8. The molecule has 1 N–H and O–H groups in total. The molecular weight excluding hydrogens is 302 g/mol. The van der Waals surface area contributed by atoms with Gasteiger partial charge in [-0.05, 0) is 27.2 Å². The Balaban J connectivity index is 1.82. The maximum Gasteiger partial charge on any atom is 0.257 e. The number of thioether (sulfide) groups is 1. The molecule has 1 amide bonds. The summed E-state index contributed by atoms with van der Waals surface area (Å²) in [5, 5.41) is 3.59. The van der Waals surface area contributed by atoms with E-state index in [2.05, 4.69) is 10.3 Å². The number of fused-ring (bicyclic) bond motifs is 1. The lowest BCUT2D eigenvalue weighted by atomic mass is 10.2. The number of amides is 1. The van der Waals surface area contributed by atoms with Gasteiger partial charge in [0.05, 0.1) is 12.1 Å². The maximum atomic E-state index is 12.2. The highest BCUT2D eigenvalue weighted by Gasteiger charge is 2.27. The molecule has 0 saturated heterocycles. The quantitative estimate of drug-likeness (QED) is 0.608. The Bertz CT molecular complexity index is 586. The molecular formula is C15H23N3O3S. The molecule has 2 rings (SSSR count). The van der Waals surface area contributed by atoms with E-state index in [1.54, 1.807) is 17.7 Å². The van der Waals surface area contributed by atoms with E-state index in [1.165, 1.54) is 11.8 Å². The Morgan fingerprint density at radius 2 is 2.36 bits per heavy atom. The fourth-order valence-electron chi connectivity index (χ4n) is 2.28. The second kappa shape index (κ2) is 7.78. The van der Waals surface area contributed by atoms with Crippen LogP contribution in [0.5, 0.6) is 0 Å². The molecule has 1 aliphatic heterocycles. The van der Waals surface area contributed by atoms with Gasteiger partial charge in [-0.1, -0.05) is 11.8 Å². The summed E-state index contributed by atoms with van der Waals surface area (Å²) in [6, 6.07) is -0.105. The first-order valence-electron chi connectivity index (χ1n) is 7.58. The van der Waals surface area contributed by atoms with Crippen LogP contribution in [0.3, 0.4) is 0 Å². The minimum absolute atomic E-state index is 0.0311. The van der Waals surface area contributed by atoms with Gasteiger partial charge in [0.1, 0.15) is 0 Å². The zero-order valence-electron chi connectivity index (χ0n) is 13.3. The van der Waals surface area contributed by atoms with Crippen molar-refractivity contribution in [3.8, 4) is 0 Å². The van der Waals surface area contributed by atoms with Crippen molar-refractivity contribution in [2.24, 2.45) is 0 Å². The van der Waals surface area contributed by atoms with Crippen LogP contribution in [0.25, 0.3) is 0 Å². The van der Waals surface area contributed by atoms with Crippen molar-refractivity contribution in [1.29, 1.82) is 0 Å². The molecule has 0 aromatic carbocycles. The zero-order valence-corrected chi connectivity index (χ0v) is 14.1. The third-order valence-corrected chi connectivity index (χ3v) is 4.53. The molecule has 0 fully saturated rings. The van der Waals surface area contributed by atoms with Crippen molar-refractivity contribution in [3.05, 3.63) is 22.1 Å². The van der Waals surface area contributed by atoms with E-state index in [4.69, 9.17) is 4.74 Å². The minimum atomic E-state index is -0.105. The fourth-order valence-corrected chi connectivity index (χ4v) is 3.38. The van der Waals surface area contributed by atoms with Crippen molar-refractivity contribution in [2.45, 2.75) is 50.9 Å². The van der Waals surface area contributed by atoms with Crippen LogP contribution in [0.4, 0.5) is 0 Å². The van der Waals surface area contributed by atoms with Crippen LogP contribution >= 0.6 is 11.8 Å². The monoisotopic (exact) mass is 325 g/mol. The predicted molar refractivity (Wildman–Crippen MR) is 86.3 cm³/mol. The summed E-state index contributed by atoms with van der Waals surface area (Å²) in [5.41, 5.74) is 0.570. The van der Waals surface area contributed by atoms with E-state index >= 15 is 0 Å². The minimum Gasteiger partial charge on any atom is -0.379 e. The lowest BCUT2D eigenvalue weighted by Crippen LogP contribution is -2.32. The molecule has 1 atom stereocenters. The number of hydrogen-bond donors (Lipinski definition) is 1. The van der Waals surface area contributed by atoms with Crippen LogP contribution in [-0.4, -0.2) is 40.5 Å². The van der Waals surface area contributed by atoms with Gasteiger partial charge in [-0.15, -0.1) is 0 Å². The van der Waals surface area contributed by atoms with Gasteiger partial charge < -0.3 is 10.1 Å². The highest BCUT2D eigenvalue weighted by Crippen LogP contribution is 2.31. The van der Waals surface area contributed by atoms with Gasteiger partial charge in [-0.2, -0.15) is 0 Å². The largest absolute Gasteiger partial charge is 0.379 e. The number of nitrogens with zero attached hydrogens (tertiary/aromatic N) is 2. The number of carbonyl (C=O) groups excluding carboxylic acids is 1. The van der Waals surface area contributed by atoms with Crippen molar-refractivity contribution in [2.75, 3.05) is 18.9 Å². The summed E-state index contributed by atoms with van der Waals surface area (Å²) in [6.07, 6.45) is 2.92. The molecule has 0 aliphatic carbocycles. The van der Waals surface area contributed by atoms with Crippen molar-refractivity contribution < 1.29 is 9.53 Å². The molecule has 1 aliphatic rings. The van der Waals surface area contributed by atoms with E-state index in [0.717, 1.165) is 12.2 Å². The molecule has 0 spiro atoms. The second-order valence-corrected chi connectivity index (χ2v) is 6.68. The third-order valence-electron chi connectivity index (χ3n) is 3.42. The number of ether oxygens (including phenoxy) is 1. The number of aryl methyl sites for hydroxylation is 1. The van der Waals surface area contributed by atoms with E-state index in [-0.39, 0.29) is 23.6 Å². The van der Waals surface area contributed by atoms with E-state index in [1.807, 2.05) is 13.8 Å². The van der Waals surface area contributed by atoms with Gasteiger partial charge in [0.2, 0.25) is 5.91 Å². The number of aromatic nitrogens is 2. The maximum absolute atomic E-state index is 12.2. The summed E-state index contributed by atoms with van der Waals surface area (Å²) in [4.78, 5) is 28.4. The molecule has 2 heterocycles. The van der Waals surface area contributed by atoms with Gasteiger partial charge in [-0.3, -0.25) is 14.2 Å².